The van der Waals surface area contributed by atoms with Crippen LogP contribution in [-0.2, 0) is 20.7 Å². The highest BCUT2D eigenvalue weighted by Gasteiger charge is 2.45. The molecule has 0 amide bonds. The Hall–Kier alpha value is -2.14. The molecule has 3 rings (SSSR count). The van der Waals surface area contributed by atoms with Gasteiger partial charge in [-0.2, -0.15) is 0 Å². The topological polar surface area (TPSA) is 64.9 Å². The lowest BCUT2D eigenvalue weighted by Gasteiger charge is -1.93. The summed E-state index contributed by atoms with van der Waals surface area (Å²) in [7, 11) is 1.35. The molecule has 2 aromatic rings. The Morgan fingerprint density at radius 1 is 1.32 bits per heavy atom. The Balaban J connectivity index is 1.67. The van der Waals surface area contributed by atoms with Crippen molar-refractivity contribution in [1.29, 1.82) is 0 Å². The SMILES string of the molecule is COC(=O)Cc1coc([C@@H]2O[C@@H]2c2ccccc2)n1. The maximum Gasteiger partial charge on any atom is 0.311 e. The number of rotatable bonds is 4. The van der Waals surface area contributed by atoms with Crippen molar-refractivity contribution in [2.75, 3.05) is 7.11 Å². The summed E-state index contributed by atoms with van der Waals surface area (Å²) < 4.78 is 15.5. The molecule has 1 saturated heterocycles. The third-order valence-corrected chi connectivity index (χ3v) is 2.99. The van der Waals surface area contributed by atoms with E-state index in [9.17, 15) is 4.79 Å². The highest BCUT2D eigenvalue weighted by molar-refractivity contribution is 5.71. The molecule has 2 heterocycles. The molecule has 5 heteroatoms. The van der Waals surface area contributed by atoms with Gasteiger partial charge >= 0.3 is 5.97 Å². The number of hydrogen-bond donors (Lipinski definition) is 0. The van der Waals surface area contributed by atoms with E-state index < -0.39 is 0 Å². The van der Waals surface area contributed by atoms with Gasteiger partial charge in [0.2, 0.25) is 5.89 Å². The second kappa shape index (κ2) is 4.85. The van der Waals surface area contributed by atoms with Crippen LogP contribution in [0.15, 0.2) is 41.0 Å². The van der Waals surface area contributed by atoms with Crippen LogP contribution in [0.2, 0.25) is 0 Å². The van der Waals surface area contributed by atoms with E-state index in [1.165, 1.54) is 13.4 Å². The van der Waals surface area contributed by atoms with Crippen LogP contribution in [0, 0.1) is 0 Å². The van der Waals surface area contributed by atoms with Crippen LogP contribution in [0.3, 0.4) is 0 Å². The van der Waals surface area contributed by atoms with Gasteiger partial charge in [0.25, 0.3) is 0 Å². The molecule has 1 aromatic heterocycles. The first-order chi connectivity index (χ1) is 9.28. The van der Waals surface area contributed by atoms with E-state index in [4.69, 9.17) is 9.15 Å². The second-order valence-electron chi connectivity index (χ2n) is 4.32. The molecule has 1 fully saturated rings. The number of ether oxygens (including phenoxy) is 2. The Morgan fingerprint density at radius 2 is 2.11 bits per heavy atom. The molecule has 1 aromatic carbocycles. The average molecular weight is 259 g/mol. The summed E-state index contributed by atoms with van der Waals surface area (Å²) in [4.78, 5) is 15.4. The van der Waals surface area contributed by atoms with Crippen molar-refractivity contribution in [3.05, 3.63) is 53.7 Å². The lowest BCUT2D eigenvalue weighted by atomic mass is 10.1. The third kappa shape index (κ3) is 2.51. The fourth-order valence-corrected chi connectivity index (χ4v) is 1.95. The average Bonchev–Trinajstić information content (AvgIpc) is 3.13. The second-order valence-corrected chi connectivity index (χ2v) is 4.32. The lowest BCUT2D eigenvalue weighted by molar-refractivity contribution is -0.139. The van der Waals surface area contributed by atoms with Crippen LogP contribution in [0.25, 0.3) is 0 Å². The lowest BCUT2D eigenvalue weighted by Crippen LogP contribution is -2.04. The zero-order chi connectivity index (χ0) is 13.2. The van der Waals surface area contributed by atoms with Gasteiger partial charge in [0, 0.05) is 0 Å². The highest BCUT2D eigenvalue weighted by atomic mass is 16.6. The van der Waals surface area contributed by atoms with E-state index >= 15 is 0 Å². The van der Waals surface area contributed by atoms with Gasteiger partial charge in [-0.15, -0.1) is 0 Å². The quantitative estimate of drug-likeness (QED) is 0.622. The van der Waals surface area contributed by atoms with Crippen LogP contribution >= 0.6 is 0 Å². The van der Waals surface area contributed by atoms with Gasteiger partial charge in [0.1, 0.15) is 12.4 Å². The number of hydrogen-bond acceptors (Lipinski definition) is 5. The molecule has 0 radical (unpaired) electrons. The van der Waals surface area contributed by atoms with Crippen molar-refractivity contribution in [2.45, 2.75) is 18.6 Å². The van der Waals surface area contributed by atoms with Crippen molar-refractivity contribution in [3.63, 3.8) is 0 Å². The fraction of sp³-hybridized carbons (Fsp3) is 0.286. The largest absolute Gasteiger partial charge is 0.469 e. The molecule has 1 aliphatic rings. The minimum atomic E-state index is -0.337. The number of carbonyl (C=O) groups excluding carboxylic acids is 1. The Labute approximate surface area is 110 Å². The zero-order valence-electron chi connectivity index (χ0n) is 10.4. The minimum absolute atomic E-state index is 0.00849. The van der Waals surface area contributed by atoms with Crippen LogP contribution in [-0.4, -0.2) is 18.1 Å². The van der Waals surface area contributed by atoms with E-state index in [0.29, 0.717) is 11.6 Å². The first-order valence-corrected chi connectivity index (χ1v) is 5.99. The number of nitrogens with zero attached hydrogens (tertiary/aromatic N) is 1. The molecule has 0 saturated carbocycles. The minimum Gasteiger partial charge on any atom is -0.469 e. The molecular formula is C14H13NO4. The number of oxazole rings is 1. The monoisotopic (exact) mass is 259 g/mol. The van der Waals surface area contributed by atoms with Crippen molar-refractivity contribution >= 4 is 5.97 Å². The number of aromatic nitrogens is 1. The highest BCUT2D eigenvalue weighted by Crippen LogP contribution is 2.50. The molecule has 0 spiro atoms. The van der Waals surface area contributed by atoms with Crippen molar-refractivity contribution in [1.82, 2.24) is 4.98 Å². The molecule has 0 bridgehead atoms. The van der Waals surface area contributed by atoms with Gasteiger partial charge in [0.15, 0.2) is 6.10 Å². The van der Waals surface area contributed by atoms with Crippen LogP contribution in [0.1, 0.15) is 29.4 Å². The first kappa shape index (κ1) is 11.9. The zero-order valence-corrected chi connectivity index (χ0v) is 10.4. The first-order valence-electron chi connectivity index (χ1n) is 5.99. The molecule has 1 aliphatic heterocycles. The summed E-state index contributed by atoms with van der Waals surface area (Å²) in [5.74, 6) is 0.170. The third-order valence-electron chi connectivity index (χ3n) is 2.99. The van der Waals surface area contributed by atoms with Crippen molar-refractivity contribution in [3.8, 4) is 0 Å². The maximum absolute atomic E-state index is 11.1. The van der Waals surface area contributed by atoms with Gasteiger partial charge in [-0.3, -0.25) is 4.79 Å². The van der Waals surface area contributed by atoms with Gasteiger partial charge in [-0.1, -0.05) is 30.3 Å². The van der Waals surface area contributed by atoms with Crippen LogP contribution in [0.4, 0.5) is 0 Å². The van der Waals surface area contributed by atoms with E-state index in [0.717, 1.165) is 5.56 Å². The van der Waals surface area contributed by atoms with E-state index in [1.807, 2.05) is 30.3 Å². The molecule has 19 heavy (non-hydrogen) atoms. The Morgan fingerprint density at radius 3 is 2.84 bits per heavy atom. The smallest absolute Gasteiger partial charge is 0.311 e. The molecule has 98 valence electrons. The normalized spacial score (nSPS) is 21.1. The van der Waals surface area contributed by atoms with E-state index in [-0.39, 0.29) is 24.6 Å². The van der Waals surface area contributed by atoms with Gasteiger partial charge < -0.3 is 13.9 Å². The summed E-state index contributed by atoms with van der Waals surface area (Å²) in [6.45, 7) is 0. The standard InChI is InChI=1S/C14H13NO4/c1-17-11(16)7-10-8-18-14(15-10)13-12(19-13)9-5-3-2-4-6-9/h2-6,8,12-13H,7H2,1H3/t12-,13-/m1/s1. The summed E-state index contributed by atoms with van der Waals surface area (Å²) >= 11 is 0. The Kier molecular flexibility index (Phi) is 3.05. The van der Waals surface area contributed by atoms with Gasteiger partial charge in [0.05, 0.1) is 19.2 Å². The van der Waals surface area contributed by atoms with Gasteiger partial charge in [-0.25, -0.2) is 4.98 Å². The number of benzene rings is 1. The molecule has 0 aliphatic carbocycles. The molecule has 2 atom stereocenters. The summed E-state index contributed by atoms with van der Waals surface area (Å²) in [5.41, 5.74) is 1.66. The maximum atomic E-state index is 11.1. The summed E-state index contributed by atoms with van der Waals surface area (Å²) in [6.07, 6.45) is 1.42. The van der Waals surface area contributed by atoms with Crippen molar-refractivity contribution in [2.24, 2.45) is 0 Å². The fourth-order valence-electron chi connectivity index (χ4n) is 1.95. The molecular weight excluding hydrogens is 246 g/mol. The molecule has 0 unspecified atom stereocenters. The van der Waals surface area contributed by atoms with Crippen molar-refractivity contribution < 1.29 is 18.7 Å². The summed E-state index contributed by atoms with van der Waals surface area (Å²) in [5, 5.41) is 0. The van der Waals surface area contributed by atoms with Crippen LogP contribution < -0.4 is 0 Å². The predicted molar refractivity (Wildman–Crippen MR) is 65.2 cm³/mol. The predicted octanol–water partition coefficient (Wildman–Crippen LogP) is 2.20. The van der Waals surface area contributed by atoms with E-state index in [1.54, 1.807) is 0 Å². The Bertz CT molecular complexity index is 578. The number of methoxy groups -OCH3 is 1. The number of esters is 1. The number of epoxide rings is 1. The van der Waals surface area contributed by atoms with Gasteiger partial charge in [-0.05, 0) is 5.56 Å². The molecule has 0 N–H and O–H groups in total. The van der Waals surface area contributed by atoms with Crippen LogP contribution in [0.5, 0.6) is 0 Å². The van der Waals surface area contributed by atoms with E-state index in [2.05, 4.69) is 9.72 Å². The molecule has 5 nitrogen and oxygen atoms in total. The number of carbonyl (C=O) groups is 1. The summed E-state index contributed by atoms with van der Waals surface area (Å²) in [6, 6.07) is 9.89.